The van der Waals surface area contributed by atoms with Crippen LogP contribution < -0.4 is 14.1 Å². The molecular weight excluding hydrogens is 636 g/mol. The number of anilines is 2. The highest BCUT2D eigenvalue weighted by atomic mass is 79.9. The first-order valence-electron chi connectivity index (χ1n) is 13.1. The van der Waals surface area contributed by atoms with Gasteiger partial charge in [0, 0.05) is 16.6 Å². The maximum absolute atomic E-state index is 13.8. The fourth-order valence-electron chi connectivity index (χ4n) is 4.75. The molecule has 5 aromatic rings. The molecule has 0 saturated heterocycles. The summed E-state index contributed by atoms with van der Waals surface area (Å²) in [6.45, 7) is 0.404. The summed E-state index contributed by atoms with van der Waals surface area (Å²) in [4.78, 5) is 18.6. The molecule has 1 aliphatic heterocycles. The number of ether oxygens (including phenoxy) is 1. The molecule has 0 N–H and O–H groups in total. The first-order valence-corrected chi connectivity index (χ1v) is 16.2. The van der Waals surface area contributed by atoms with Crippen molar-refractivity contribution in [3.05, 3.63) is 112 Å². The molecule has 1 amide bonds. The van der Waals surface area contributed by atoms with Crippen LogP contribution in [0.5, 0.6) is 5.75 Å². The zero-order valence-electron chi connectivity index (χ0n) is 22.5. The number of fused-ring (bicyclic) bond motifs is 2. The van der Waals surface area contributed by atoms with E-state index in [1.54, 1.807) is 13.3 Å². The van der Waals surface area contributed by atoms with Gasteiger partial charge in [0.2, 0.25) is 5.13 Å². The molecule has 0 aliphatic carbocycles. The number of methoxy groups -OCH3 is 1. The van der Waals surface area contributed by atoms with Gasteiger partial charge >= 0.3 is 0 Å². The van der Waals surface area contributed by atoms with Crippen LogP contribution in [0.2, 0.25) is 0 Å². The van der Waals surface area contributed by atoms with E-state index in [1.165, 1.54) is 44.9 Å². The summed E-state index contributed by atoms with van der Waals surface area (Å²) in [7, 11) is -2.22. The predicted octanol–water partition coefficient (Wildman–Crippen LogP) is 6.89. The average Bonchev–Trinajstić information content (AvgIpc) is 3.44. The molecule has 0 bridgehead atoms. The maximum Gasteiger partial charge on any atom is 0.280 e. The molecule has 1 aromatic heterocycles. The summed E-state index contributed by atoms with van der Waals surface area (Å²) in [5.41, 5.74) is 3.48. The highest BCUT2D eigenvalue weighted by Gasteiger charge is 2.29. The van der Waals surface area contributed by atoms with Gasteiger partial charge in [-0.1, -0.05) is 45.5 Å². The molecule has 0 fully saturated rings. The third-order valence-corrected chi connectivity index (χ3v) is 10.2. The van der Waals surface area contributed by atoms with Crippen LogP contribution in [0.3, 0.4) is 0 Å². The summed E-state index contributed by atoms with van der Waals surface area (Å²) >= 11 is 4.81. The molecule has 212 valence electrons. The first kappa shape index (κ1) is 28.1. The van der Waals surface area contributed by atoms with Gasteiger partial charge in [0.15, 0.2) is 0 Å². The second-order valence-corrected chi connectivity index (χ2v) is 13.4. The Kier molecular flexibility index (Phi) is 7.80. The summed E-state index contributed by atoms with van der Waals surface area (Å²) < 4.78 is 35.7. The number of rotatable bonds is 7. The molecule has 0 radical (unpaired) electrons. The van der Waals surface area contributed by atoms with E-state index in [9.17, 15) is 13.2 Å². The minimum atomic E-state index is -3.81. The van der Waals surface area contributed by atoms with Crippen molar-refractivity contribution in [1.82, 2.24) is 4.98 Å². The number of amides is 1. The number of benzene rings is 4. The number of sulfonamides is 1. The number of aryl methyl sites for hydroxylation is 1. The van der Waals surface area contributed by atoms with Gasteiger partial charge in [-0.15, -0.1) is 0 Å². The van der Waals surface area contributed by atoms with Crippen LogP contribution in [0.15, 0.2) is 105 Å². The van der Waals surface area contributed by atoms with Gasteiger partial charge in [-0.2, -0.15) is 10.1 Å². The maximum atomic E-state index is 13.8. The molecule has 0 saturated carbocycles. The molecule has 0 atom stereocenters. The normalized spacial score (nSPS) is 13.3. The topological polar surface area (TPSA) is 92.2 Å². The van der Waals surface area contributed by atoms with Gasteiger partial charge < -0.3 is 4.74 Å². The van der Waals surface area contributed by atoms with Crippen LogP contribution in [0, 0.1) is 0 Å². The van der Waals surface area contributed by atoms with E-state index in [2.05, 4.69) is 26.0 Å². The van der Waals surface area contributed by atoms with Crippen LogP contribution in [-0.4, -0.2) is 39.2 Å². The zero-order valence-corrected chi connectivity index (χ0v) is 25.7. The second kappa shape index (κ2) is 11.7. The van der Waals surface area contributed by atoms with Crippen LogP contribution >= 0.6 is 27.3 Å². The van der Waals surface area contributed by atoms with Gasteiger partial charge in [-0.05, 0) is 96.8 Å². The number of thiazole rings is 1. The third-order valence-electron chi connectivity index (χ3n) is 6.91. The van der Waals surface area contributed by atoms with Gasteiger partial charge in [0.1, 0.15) is 5.75 Å². The van der Waals surface area contributed by atoms with Gasteiger partial charge in [-0.25, -0.2) is 13.4 Å². The first-order chi connectivity index (χ1) is 20.3. The van der Waals surface area contributed by atoms with E-state index in [-0.39, 0.29) is 10.5 Å². The standard InChI is InChI=1S/C31H25BrN4O4S2/c1-40-25-13-8-21(9-14-25)20-33-36(31-34-27-17-12-24(32)19-29(27)41-31)30(37)23-10-15-26(16-11-23)42(38,39)35-18-4-6-22-5-2-3-7-28(22)35/h2-3,5,7-17,19-20H,4,6,18H2,1H3/b33-20+. The Bertz CT molecular complexity index is 1910. The Morgan fingerprint density at radius 3 is 2.57 bits per heavy atom. The lowest BCUT2D eigenvalue weighted by atomic mass is 10.0. The number of para-hydroxylation sites is 1. The van der Waals surface area contributed by atoms with E-state index < -0.39 is 15.9 Å². The summed E-state index contributed by atoms with van der Waals surface area (Å²) in [5, 5.41) is 6.14. The van der Waals surface area contributed by atoms with E-state index in [1.807, 2.05) is 66.7 Å². The highest BCUT2D eigenvalue weighted by molar-refractivity contribution is 9.10. The lowest BCUT2D eigenvalue weighted by Crippen LogP contribution is -2.35. The molecular formula is C31H25BrN4O4S2. The molecule has 42 heavy (non-hydrogen) atoms. The molecule has 11 heteroatoms. The second-order valence-electron chi connectivity index (χ2n) is 9.58. The summed E-state index contributed by atoms with van der Waals surface area (Å²) in [6, 6.07) is 26.5. The molecule has 6 rings (SSSR count). The third kappa shape index (κ3) is 5.55. The van der Waals surface area contributed by atoms with Crippen LogP contribution in [-0.2, 0) is 16.4 Å². The number of aromatic nitrogens is 1. The molecule has 2 heterocycles. The smallest absolute Gasteiger partial charge is 0.280 e. The van der Waals surface area contributed by atoms with Crippen molar-refractivity contribution in [2.24, 2.45) is 5.10 Å². The Morgan fingerprint density at radius 2 is 1.81 bits per heavy atom. The quantitative estimate of drug-likeness (QED) is 0.140. The molecule has 1 aliphatic rings. The number of nitrogens with zero attached hydrogens (tertiary/aromatic N) is 4. The predicted molar refractivity (Wildman–Crippen MR) is 170 cm³/mol. The molecule has 0 unspecified atom stereocenters. The van der Waals surface area contributed by atoms with Crippen LogP contribution in [0.4, 0.5) is 10.8 Å². The van der Waals surface area contributed by atoms with Crippen molar-refractivity contribution in [2.75, 3.05) is 23.0 Å². The Hall–Kier alpha value is -4.06. The van der Waals surface area contributed by atoms with E-state index in [4.69, 9.17) is 4.74 Å². The molecule has 0 spiro atoms. The van der Waals surface area contributed by atoms with E-state index >= 15 is 0 Å². The van der Waals surface area contributed by atoms with Crippen molar-refractivity contribution in [3.63, 3.8) is 0 Å². The van der Waals surface area contributed by atoms with Crippen molar-refractivity contribution < 1.29 is 17.9 Å². The Balaban J connectivity index is 1.33. The number of hydrazone groups is 1. The average molecular weight is 662 g/mol. The molecule has 8 nitrogen and oxygen atoms in total. The molecule has 4 aromatic carbocycles. The van der Waals surface area contributed by atoms with Gasteiger partial charge in [0.05, 0.1) is 34.1 Å². The summed E-state index contributed by atoms with van der Waals surface area (Å²) in [6.07, 6.45) is 3.16. The number of carbonyl (C=O) groups excluding carboxylic acids is 1. The van der Waals surface area contributed by atoms with Crippen LogP contribution in [0.25, 0.3) is 10.2 Å². The van der Waals surface area contributed by atoms with E-state index in [0.29, 0.717) is 23.1 Å². The van der Waals surface area contributed by atoms with Gasteiger partial charge in [0.25, 0.3) is 15.9 Å². The Labute approximate surface area is 256 Å². The number of hydrogen-bond acceptors (Lipinski definition) is 7. The monoisotopic (exact) mass is 660 g/mol. The summed E-state index contributed by atoms with van der Waals surface area (Å²) in [5.74, 6) is 0.269. The largest absolute Gasteiger partial charge is 0.497 e. The minimum Gasteiger partial charge on any atom is -0.497 e. The van der Waals surface area contributed by atoms with E-state index in [0.717, 1.165) is 38.7 Å². The zero-order chi connectivity index (χ0) is 29.3. The fourth-order valence-corrected chi connectivity index (χ4v) is 7.76. The van der Waals surface area contributed by atoms with Crippen molar-refractivity contribution in [3.8, 4) is 5.75 Å². The van der Waals surface area contributed by atoms with Gasteiger partial charge in [-0.3, -0.25) is 9.10 Å². The number of hydrogen-bond donors (Lipinski definition) is 0. The lowest BCUT2D eigenvalue weighted by molar-refractivity contribution is 0.0987. The van der Waals surface area contributed by atoms with Crippen LogP contribution in [0.1, 0.15) is 27.9 Å². The van der Waals surface area contributed by atoms with Crippen molar-refractivity contribution >= 4 is 70.4 Å². The van der Waals surface area contributed by atoms with Crippen molar-refractivity contribution in [2.45, 2.75) is 17.7 Å². The number of halogens is 1. The highest BCUT2D eigenvalue weighted by Crippen LogP contribution is 2.34. The minimum absolute atomic E-state index is 0.119. The lowest BCUT2D eigenvalue weighted by Gasteiger charge is -2.30. The SMILES string of the molecule is COc1ccc(/C=N/N(C(=O)c2ccc(S(=O)(=O)N3CCCc4ccccc43)cc2)c2nc3ccc(Br)cc3s2)cc1. The fraction of sp³-hybridized carbons (Fsp3) is 0.129. The number of carbonyl (C=O) groups is 1. The Morgan fingerprint density at radius 1 is 1.05 bits per heavy atom. The van der Waals surface area contributed by atoms with Crippen molar-refractivity contribution in [1.29, 1.82) is 0 Å².